The molecule has 55 heavy (non-hydrogen) atoms. The molecule has 0 radical (unpaired) electrons. The van der Waals surface area contributed by atoms with Gasteiger partial charge in [-0.3, -0.25) is 15.0 Å². The monoisotopic (exact) mass is 1020 g/mol. The van der Waals surface area contributed by atoms with Crippen LogP contribution in [0.4, 0.5) is 0 Å². The van der Waals surface area contributed by atoms with Crippen LogP contribution in [0.5, 0.6) is 17.2 Å². The molecule has 0 bridgehead atoms. The molecule has 6 aromatic carbocycles. The number of hydrogen-bond donors (Lipinski definition) is 0. The average molecular weight is 1030 g/mol. The maximum Gasteiger partial charge on any atom is 3.00 e. The molecular formula is C42H30Br3Cl3MnN3O3. The number of aliphatic imine (C=N–C) groups is 3. The fraction of sp³-hybridized carbons (Fsp3) is 0.0714. The van der Waals surface area contributed by atoms with Crippen molar-refractivity contribution in [1.29, 1.82) is 0 Å². The van der Waals surface area contributed by atoms with Gasteiger partial charge in [-0.25, -0.2) is 0 Å². The van der Waals surface area contributed by atoms with Gasteiger partial charge in [0.25, 0.3) is 0 Å². The second-order valence-electron chi connectivity index (χ2n) is 11.3. The molecule has 0 saturated heterocycles. The fourth-order valence-electron chi connectivity index (χ4n) is 4.38. The molecule has 0 N–H and O–H groups in total. The molecule has 0 aromatic heterocycles. The molecule has 0 spiro atoms. The smallest absolute Gasteiger partial charge is 0.872 e. The molecule has 0 fully saturated rings. The summed E-state index contributed by atoms with van der Waals surface area (Å²) in [6, 6.07) is 37.4. The molecule has 0 amide bonds. The summed E-state index contributed by atoms with van der Waals surface area (Å²) in [4.78, 5) is 12.8. The van der Waals surface area contributed by atoms with Crippen molar-refractivity contribution in [3.8, 4) is 17.2 Å². The van der Waals surface area contributed by atoms with Gasteiger partial charge in [0.1, 0.15) is 0 Å². The van der Waals surface area contributed by atoms with Crippen molar-refractivity contribution in [3.63, 3.8) is 0 Å². The molecular weight excluding hydrogens is 995 g/mol. The van der Waals surface area contributed by atoms with E-state index in [4.69, 9.17) is 34.8 Å². The largest absolute Gasteiger partial charge is 3.00 e. The van der Waals surface area contributed by atoms with E-state index in [1.807, 2.05) is 72.8 Å². The molecule has 6 rings (SSSR count). The van der Waals surface area contributed by atoms with Crippen LogP contribution >= 0.6 is 82.6 Å². The number of benzene rings is 6. The van der Waals surface area contributed by atoms with Gasteiger partial charge >= 0.3 is 17.1 Å². The third-order valence-electron chi connectivity index (χ3n) is 7.17. The van der Waals surface area contributed by atoms with Crippen LogP contribution < -0.4 is 15.3 Å². The quantitative estimate of drug-likeness (QED) is 0.106. The minimum atomic E-state index is -0.0296. The zero-order valence-electron chi connectivity index (χ0n) is 28.7. The minimum Gasteiger partial charge on any atom is -0.872 e. The Morgan fingerprint density at radius 1 is 0.400 bits per heavy atom. The first-order valence-corrected chi connectivity index (χ1v) is 19.6. The Kier molecular flexibility index (Phi) is 20.3. The number of halogens is 6. The summed E-state index contributed by atoms with van der Waals surface area (Å²) in [7, 11) is 0. The third-order valence-corrected chi connectivity index (χ3v) is 9.40. The van der Waals surface area contributed by atoms with Gasteiger partial charge in [0.15, 0.2) is 0 Å². The molecule has 0 aliphatic carbocycles. The summed E-state index contributed by atoms with van der Waals surface area (Å²) in [5.41, 5.74) is 4.91. The second-order valence-corrected chi connectivity index (χ2v) is 15.4. The van der Waals surface area contributed by atoms with Crippen molar-refractivity contribution in [3.05, 3.63) is 189 Å². The topological polar surface area (TPSA) is 106 Å². The van der Waals surface area contributed by atoms with Crippen LogP contribution in [0.25, 0.3) is 0 Å². The van der Waals surface area contributed by atoms with Crippen molar-refractivity contribution < 1.29 is 32.4 Å². The normalized spacial score (nSPS) is 10.8. The molecule has 0 heterocycles. The summed E-state index contributed by atoms with van der Waals surface area (Å²) in [5.74, 6) is -0.0887. The number of hydrogen-bond acceptors (Lipinski definition) is 6. The molecule has 0 aliphatic heterocycles. The third kappa shape index (κ3) is 17.1. The summed E-state index contributed by atoms with van der Waals surface area (Å²) < 4.78 is 2.61. The summed E-state index contributed by atoms with van der Waals surface area (Å²) in [6.45, 7) is 1.59. The van der Waals surface area contributed by atoms with Gasteiger partial charge in [0, 0.05) is 47.1 Å². The summed E-state index contributed by atoms with van der Waals surface area (Å²) in [6.07, 6.45) is 4.80. The van der Waals surface area contributed by atoms with E-state index in [0.717, 1.165) is 30.1 Å². The van der Waals surface area contributed by atoms with Crippen LogP contribution in [0, 0.1) is 0 Å². The maximum absolute atomic E-state index is 11.5. The summed E-state index contributed by atoms with van der Waals surface area (Å²) >= 11 is 27.4. The van der Waals surface area contributed by atoms with Crippen molar-refractivity contribution in [2.45, 2.75) is 19.6 Å². The van der Waals surface area contributed by atoms with Gasteiger partial charge in [-0.05, 0) is 106 Å². The maximum atomic E-state index is 11.5. The van der Waals surface area contributed by atoms with Crippen LogP contribution in [0.2, 0.25) is 15.1 Å². The zero-order valence-corrected chi connectivity index (χ0v) is 36.9. The van der Waals surface area contributed by atoms with Gasteiger partial charge < -0.3 is 15.3 Å². The minimum absolute atomic E-state index is 0. The fourth-order valence-corrected chi connectivity index (χ4v) is 5.89. The van der Waals surface area contributed by atoms with Crippen molar-refractivity contribution in [2.75, 3.05) is 0 Å². The first-order chi connectivity index (χ1) is 25.9. The summed E-state index contributed by atoms with van der Waals surface area (Å²) in [5, 5.41) is 36.7. The van der Waals surface area contributed by atoms with Gasteiger partial charge in [-0.2, -0.15) is 0 Å². The van der Waals surface area contributed by atoms with Crippen molar-refractivity contribution in [1.82, 2.24) is 0 Å². The van der Waals surface area contributed by atoms with E-state index >= 15 is 0 Å². The Bertz CT molecular complexity index is 1960. The molecule has 280 valence electrons. The molecule has 13 heteroatoms. The Balaban J connectivity index is 0.000000220. The first-order valence-electron chi connectivity index (χ1n) is 16.1. The predicted molar refractivity (Wildman–Crippen MR) is 229 cm³/mol. The van der Waals surface area contributed by atoms with E-state index in [0.29, 0.717) is 51.4 Å². The van der Waals surface area contributed by atoms with Crippen LogP contribution in [0.3, 0.4) is 0 Å². The Morgan fingerprint density at radius 2 is 0.636 bits per heavy atom. The van der Waals surface area contributed by atoms with E-state index in [-0.39, 0.29) is 34.3 Å². The Hall–Kier alpha value is -3.44. The van der Waals surface area contributed by atoms with E-state index in [9.17, 15) is 15.3 Å². The Morgan fingerprint density at radius 3 is 0.873 bits per heavy atom. The Labute approximate surface area is 371 Å². The van der Waals surface area contributed by atoms with Gasteiger partial charge in [-0.15, -0.1) is 0 Å². The first kappa shape index (κ1) is 45.9. The number of nitrogens with zero attached hydrogens (tertiary/aromatic N) is 3. The van der Waals surface area contributed by atoms with E-state index in [1.54, 1.807) is 55.0 Å². The van der Waals surface area contributed by atoms with E-state index in [2.05, 4.69) is 62.8 Å². The van der Waals surface area contributed by atoms with Crippen molar-refractivity contribution in [2.24, 2.45) is 15.0 Å². The molecule has 0 saturated carbocycles. The van der Waals surface area contributed by atoms with Gasteiger partial charge in [-0.1, -0.05) is 154 Å². The SMILES string of the molecule is [Mn+3].[O-]c1ccc(Br)cc1C=NCc1ccc(Cl)cc1.[O-]c1ccc(Br)cc1C=NCc1ccc(Cl)cc1.[O-]c1ccc(Br)cc1C=NCc1ccc(Cl)cc1. The predicted octanol–water partition coefficient (Wildman–Crippen LogP) is 11.4. The van der Waals surface area contributed by atoms with Gasteiger partial charge in [0.05, 0.1) is 19.6 Å². The van der Waals surface area contributed by atoms with Gasteiger partial charge in [0.2, 0.25) is 0 Å². The average Bonchev–Trinajstić information content (AvgIpc) is 3.15. The van der Waals surface area contributed by atoms with E-state index in [1.165, 1.54) is 18.2 Å². The number of rotatable bonds is 9. The standard InChI is InChI=1S/3C14H11BrClNO.Mn/c3*15-12-3-6-14(18)11(7-12)9-17-8-10-1-4-13(16)5-2-10;/h3*1-7,9,18H,8H2;/q;;;+3/p-3. The molecule has 6 aromatic rings. The molecule has 0 unspecified atom stereocenters. The molecule has 0 aliphatic rings. The second kappa shape index (κ2) is 24.3. The van der Waals surface area contributed by atoms with Crippen LogP contribution in [0.15, 0.2) is 156 Å². The molecule has 6 nitrogen and oxygen atoms in total. The van der Waals surface area contributed by atoms with Crippen molar-refractivity contribution >= 4 is 101 Å². The van der Waals surface area contributed by atoms with Crippen LogP contribution in [0.1, 0.15) is 33.4 Å². The molecule has 0 atom stereocenters. The van der Waals surface area contributed by atoms with Crippen LogP contribution in [-0.4, -0.2) is 18.6 Å². The van der Waals surface area contributed by atoms with Crippen LogP contribution in [-0.2, 0) is 36.7 Å². The van der Waals surface area contributed by atoms with E-state index < -0.39 is 0 Å². The zero-order chi connectivity index (χ0) is 38.9.